The van der Waals surface area contributed by atoms with Crippen molar-refractivity contribution in [2.75, 3.05) is 25.0 Å². The molecule has 0 saturated carbocycles. The highest BCUT2D eigenvalue weighted by Gasteiger charge is 2.43. The molecule has 0 aliphatic carbocycles. The Morgan fingerprint density at radius 1 is 0.756 bits per heavy atom. The fourth-order valence-corrected chi connectivity index (χ4v) is 6.77. The molecule has 5 aromatic carbocycles. The largest absolute Gasteiger partial charge is 0.384 e. The summed E-state index contributed by atoms with van der Waals surface area (Å²) in [5.41, 5.74) is 8.23. The number of nitrogens with zero attached hydrogens (tertiary/aromatic N) is 2. The van der Waals surface area contributed by atoms with Crippen LogP contribution in [0.2, 0.25) is 0 Å². The van der Waals surface area contributed by atoms with Gasteiger partial charge in [0.2, 0.25) is 5.76 Å². The van der Waals surface area contributed by atoms with Crippen LogP contribution < -0.4 is 5.32 Å². The minimum Gasteiger partial charge on any atom is -0.384 e. The Balaban J connectivity index is 1.04. The molecule has 1 aromatic heterocycles. The van der Waals surface area contributed by atoms with Gasteiger partial charge in [-0.1, -0.05) is 90.1 Å². The Morgan fingerprint density at radius 2 is 1.46 bits per heavy atom. The van der Waals surface area contributed by atoms with Crippen molar-refractivity contribution in [3.8, 4) is 22.3 Å². The molecule has 200 valence electrons. The lowest BCUT2D eigenvalue weighted by atomic mass is 9.73. The highest BCUT2D eigenvalue weighted by atomic mass is 16.5. The van der Waals surface area contributed by atoms with Gasteiger partial charge in [0.1, 0.15) is 5.52 Å². The van der Waals surface area contributed by atoms with Gasteiger partial charge in [0.15, 0.2) is 0 Å². The first-order valence-corrected chi connectivity index (χ1v) is 14.3. The predicted molar refractivity (Wildman–Crippen MR) is 164 cm³/mol. The van der Waals surface area contributed by atoms with Crippen LogP contribution in [0.4, 0.5) is 5.69 Å². The second kappa shape index (κ2) is 9.34. The van der Waals surface area contributed by atoms with Crippen LogP contribution in [0.25, 0.3) is 43.9 Å². The smallest absolute Gasteiger partial charge is 0.293 e. The first kappa shape index (κ1) is 23.9. The number of anilines is 1. The molecule has 6 aromatic rings. The molecule has 41 heavy (non-hydrogen) atoms. The van der Waals surface area contributed by atoms with Crippen LogP contribution in [-0.2, 0) is 5.41 Å². The molecule has 0 unspecified atom stereocenters. The quantitative estimate of drug-likeness (QED) is 0.250. The average Bonchev–Trinajstić information content (AvgIpc) is 3.63. The van der Waals surface area contributed by atoms with Crippen LogP contribution in [-0.4, -0.2) is 35.6 Å². The fraction of sp³-hybridized carbons (Fsp3) is 0.167. The van der Waals surface area contributed by atoms with Crippen LogP contribution >= 0.6 is 0 Å². The van der Waals surface area contributed by atoms with Crippen LogP contribution in [0.3, 0.4) is 0 Å². The normalized spacial score (nSPS) is 15.8. The van der Waals surface area contributed by atoms with E-state index in [0.717, 1.165) is 30.3 Å². The number of rotatable bonds is 3. The van der Waals surface area contributed by atoms with Crippen molar-refractivity contribution in [1.29, 1.82) is 0 Å². The molecule has 1 amide bonds. The van der Waals surface area contributed by atoms with Gasteiger partial charge < -0.3 is 14.7 Å². The maximum absolute atomic E-state index is 13.3. The van der Waals surface area contributed by atoms with Crippen LogP contribution in [0.1, 0.15) is 29.0 Å². The highest BCUT2D eigenvalue weighted by Crippen LogP contribution is 2.46. The summed E-state index contributed by atoms with van der Waals surface area (Å²) in [6.07, 6.45) is 1.82. The van der Waals surface area contributed by atoms with E-state index in [0.29, 0.717) is 18.8 Å². The van der Waals surface area contributed by atoms with Gasteiger partial charge >= 0.3 is 0 Å². The standard InChI is InChI=1S/C36H29N3O2/c40-35(34-30-9-3-4-11-32(30)38-41-34)39-20-18-36(19-21-39)23-37-33-17-16-27(22-31(33)36)24-12-14-26(15-13-24)29-10-5-7-25-6-1-2-8-28(25)29/h1-17,22,37H,18-21,23H2. The van der Waals surface area contributed by atoms with E-state index in [1.807, 2.05) is 29.2 Å². The minimum atomic E-state index is -0.0697. The number of carbonyl (C=O) groups is 1. The molecular formula is C36H29N3O2. The third-order valence-corrected chi connectivity index (χ3v) is 9.11. The second-order valence-corrected chi connectivity index (χ2v) is 11.3. The summed E-state index contributed by atoms with van der Waals surface area (Å²) in [6.45, 7) is 2.29. The SMILES string of the molecule is O=C(c1onc2ccccc12)N1CCC2(CC1)CNc1ccc(-c3ccc(-c4cccc5ccccc45)cc3)cc12. The molecule has 0 atom stereocenters. The van der Waals surface area contributed by atoms with Crippen molar-refractivity contribution >= 4 is 33.3 Å². The number of aromatic nitrogens is 1. The van der Waals surface area contributed by atoms with Gasteiger partial charge in [-0.15, -0.1) is 0 Å². The molecule has 0 radical (unpaired) electrons. The number of hydrogen-bond donors (Lipinski definition) is 1. The molecular weight excluding hydrogens is 506 g/mol. The van der Waals surface area contributed by atoms with E-state index in [-0.39, 0.29) is 11.3 Å². The Kier molecular flexibility index (Phi) is 5.46. The highest BCUT2D eigenvalue weighted by molar-refractivity contribution is 6.03. The Labute approximate surface area is 238 Å². The zero-order chi connectivity index (χ0) is 27.4. The zero-order valence-electron chi connectivity index (χ0n) is 22.6. The summed E-state index contributed by atoms with van der Waals surface area (Å²) in [7, 11) is 0. The third kappa shape index (κ3) is 3.92. The topological polar surface area (TPSA) is 58.4 Å². The summed E-state index contributed by atoms with van der Waals surface area (Å²) < 4.78 is 5.47. The molecule has 2 aliphatic rings. The van der Waals surface area contributed by atoms with Crippen molar-refractivity contribution in [1.82, 2.24) is 10.1 Å². The van der Waals surface area contributed by atoms with E-state index >= 15 is 0 Å². The maximum atomic E-state index is 13.3. The van der Waals surface area contributed by atoms with E-state index in [1.54, 1.807) is 0 Å². The number of piperidine rings is 1. The van der Waals surface area contributed by atoms with E-state index < -0.39 is 0 Å². The van der Waals surface area contributed by atoms with Crippen LogP contribution in [0.15, 0.2) is 114 Å². The number of amides is 1. The summed E-state index contributed by atoms with van der Waals surface area (Å²) in [4.78, 5) is 15.3. The van der Waals surface area contributed by atoms with Crippen molar-refractivity contribution in [3.63, 3.8) is 0 Å². The molecule has 5 heteroatoms. The van der Waals surface area contributed by atoms with Gasteiger partial charge in [-0.25, -0.2) is 0 Å². The maximum Gasteiger partial charge on any atom is 0.293 e. The minimum absolute atomic E-state index is 0.0223. The van der Waals surface area contributed by atoms with Gasteiger partial charge in [-0.2, -0.15) is 0 Å². The molecule has 8 rings (SSSR count). The number of benzene rings is 5. The molecule has 1 N–H and O–H groups in total. The van der Waals surface area contributed by atoms with Gasteiger partial charge in [-0.05, 0) is 75.7 Å². The van der Waals surface area contributed by atoms with Crippen LogP contribution in [0.5, 0.6) is 0 Å². The lowest BCUT2D eigenvalue weighted by molar-refractivity contribution is 0.0637. The van der Waals surface area contributed by atoms with Crippen molar-refractivity contribution < 1.29 is 9.32 Å². The second-order valence-electron chi connectivity index (χ2n) is 11.3. The number of likely N-dealkylation sites (tertiary alicyclic amines) is 1. The molecule has 5 nitrogen and oxygen atoms in total. The number of fused-ring (bicyclic) bond motifs is 4. The zero-order valence-corrected chi connectivity index (χ0v) is 22.6. The summed E-state index contributed by atoms with van der Waals surface area (Å²) in [5, 5.41) is 11.0. The Hall–Kier alpha value is -4.90. The Morgan fingerprint density at radius 3 is 2.32 bits per heavy atom. The fourth-order valence-electron chi connectivity index (χ4n) is 6.77. The average molecular weight is 536 g/mol. The monoisotopic (exact) mass is 535 g/mol. The number of nitrogens with one attached hydrogen (secondary N) is 1. The lowest BCUT2D eigenvalue weighted by Gasteiger charge is -2.39. The third-order valence-electron chi connectivity index (χ3n) is 9.11. The van der Waals surface area contributed by atoms with E-state index in [9.17, 15) is 4.79 Å². The first-order valence-electron chi connectivity index (χ1n) is 14.3. The van der Waals surface area contributed by atoms with Crippen LogP contribution in [0, 0.1) is 0 Å². The lowest BCUT2D eigenvalue weighted by Crippen LogP contribution is -2.46. The van der Waals surface area contributed by atoms with Gasteiger partial charge in [0.25, 0.3) is 5.91 Å². The molecule has 1 fully saturated rings. The molecule has 1 saturated heterocycles. The number of hydrogen-bond acceptors (Lipinski definition) is 4. The summed E-state index contributed by atoms with van der Waals surface area (Å²) in [5.74, 6) is 0.274. The van der Waals surface area contributed by atoms with Gasteiger partial charge in [0, 0.05) is 30.7 Å². The Bertz CT molecular complexity index is 1930. The molecule has 3 heterocycles. The molecule has 2 aliphatic heterocycles. The van der Waals surface area contributed by atoms with E-state index in [2.05, 4.69) is 95.4 Å². The first-order chi connectivity index (χ1) is 20.2. The summed E-state index contributed by atoms with van der Waals surface area (Å²) in [6, 6.07) is 38.4. The van der Waals surface area contributed by atoms with E-state index in [1.165, 1.54) is 44.3 Å². The number of carbonyl (C=O) groups excluding carboxylic acids is 1. The predicted octanol–water partition coefficient (Wildman–Crippen LogP) is 7.91. The van der Waals surface area contributed by atoms with Crippen molar-refractivity contribution in [2.45, 2.75) is 18.3 Å². The van der Waals surface area contributed by atoms with Gasteiger partial charge in [-0.3, -0.25) is 4.79 Å². The van der Waals surface area contributed by atoms with E-state index in [4.69, 9.17) is 4.52 Å². The molecule has 0 bridgehead atoms. The summed E-state index contributed by atoms with van der Waals surface area (Å²) >= 11 is 0. The van der Waals surface area contributed by atoms with Crippen molar-refractivity contribution in [2.24, 2.45) is 0 Å². The molecule has 1 spiro atoms. The van der Waals surface area contributed by atoms with Gasteiger partial charge in [0.05, 0.1) is 5.39 Å². The van der Waals surface area contributed by atoms with Crippen molar-refractivity contribution in [3.05, 3.63) is 121 Å².